The quantitative estimate of drug-likeness (QED) is 0.174. The Hall–Kier alpha value is -6.91. The predicted octanol–water partition coefficient (Wildman–Crippen LogP) is 12.4. The molecule has 0 aliphatic carbocycles. The summed E-state index contributed by atoms with van der Waals surface area (Å²) in [5.74, 6) is 1.83. The van der Waals surface area contributed by atoms with E-state index in [0.29, 0.717) is 17.5 Å². The largest absolute Gasteiger partial charge is 0.456 e. The van der Waals surface area contributed by atoms with E-state index in [-0.39, 0.29) is 0 Å². The maximum atomic E-state index is 6.47. The van der Waals surface area contributed by atoms with Crippen molar-refractivity contribution in [3.05, 3.63) is 176 Å². The Bertz CT molecular complexity index is 2910. The smallest absolute Gasteiger partial charge is 0.164 e. The van der Waals surface area contributed by atoms with Crippen LogP contribution in [0.3, 0.4) is 0 Å². The van der Waals surface area contributed by atoms with Crippen molar-refractivity contribution in [2.45, 2.75) is 0 Å². The standard InChI is InChI=1S/C47H29N3O/c1-3-12-30(13-4-1)33-17-9-18-35(28-33)46-48-45(32-15-5-2-6-16-32)49-47(50-46)40-22-11-23-43-44(40)41-29-34(25-27-42(41)51-43)37-20-10-21-38-36-19-8-7-14-31(36)24-26-39(37)38/h1-29H. The lowest BCUT2D eigenvalue weighted by Gasteiger charge is -2.11. The monoisotopic (exact) mass is 651 g/mol. The second kappa shape index (κ2) is 11.9. The van der Waals surface area contributed by atoms with Crippen LogP contribution in [0.15, 0.2) is 180 Å². The zero-order valence-corrected chi connectivity index (χ0v) is 27.5. The zero-order valence-electron chi connectivity index (χ0n) is 27.5. The van der Waals surface area contributed by atoms with Gasteiger partial charge in [0, 0.05) is 27.5 Å². The fourth-order valence-electron chi connectivity index (χ4n) is 7.28. The molecule has 0 saturated carbocycles. The average molecular weight is 652 g/mol. The summed E-state index contributed by atoms with van der Waals surface area (Å²) < 4.78 is 6.47. The third kappa shape index (κ3) is 5.04. The number of hydrogen-bond donors (Lipinski definition) is 0. The second-order valence-electron chi connectivity index (χ2n) is 12.8. The van der Waals surface area contributed by atoms with E-state index in [9.17, 15) is 0 Å². The van der Waals surface area contributed by atoms with Crippen molar-refractivity contribution in [1.29, 1.82) is 0 Å². The Balaban J connectivity index is 1.18. The first-order chi connectivity index (χ1) is 25.3. The number of fused-ring (bicyclic) bond motifs is 6. The van der Waals surface area contributed by atoms with Crippen molar-refractivity contribution in [2.24, 2.45) is 0 Å². The van der Waals surface area contributed by atoms with E-state index in [4.69, 9.17) is 19.4 Å². The molecule has 0 N–H and O–H groups in total. The van der Waals surface area contributed by atoms with Crippen LogP contribution < -0.4 is 0 Å². The fraction of sp³-hybridized carbons (Fsp3) is 0. The van der Waals surface area contributed by atoms with Crippen molar-refractivity contribution in [1.82, 2.24) is 15.0 Å². The summed E-state index contributed by atoms with van der Waals surface area (Å²) in [5, 5.41) is 6.95. The minimum absolute atomic E-state index is 0.597. The summed E-state index contributed by atoms with van der Waals surface area (Å²) in [4.78, 5) is 15.3. The third-order valence-corrected chi connectivity index (χ3v) is 9.73. The Kier molecular flexibility index (Phi) is 6.78. The van der Waals surface area contributed by atoms with Gasteiger partial charge in [-0.15, -0.1) is 0 Å². The van der Waals surface area contributed by atoms with Crippen LogP contribution in [0, 0.1) is 0 Å². The Morgan fingerprint density at radius 2 is 0.961 bits per heavy atom. The van der Waals surface area contributed by atoms with Crippen LogP contribution in [0.2, 0.25) is 0 Å². The first-order valence-electron chi connectivity index (χ1n) is 17.1. The van der Waals surface area contributed by atoms with Crippen LogP contribution in [0.5, 0.6) is 0 Å². The fourth-order valence-corrected chi connectivity index (χ4v) is 7.28. The molecule has 0 unspecified atom stereocenters. The lowest BCUT2D eigenvalue weighted by Crippen LogP contribution is -2.00. The third-order valence-electron chi connectivity index (χ3n) is 9.73. The molecule has 8 aromatic carbocycles. The lowest BCUT2D eigenvalue weighted by molar-refractivity contribution is 0.669. The molecule has 51 heavy (non-hydrogen) atoms. The van der Waals surface area contributed by atoms with Gasteiger partial charge in [-0.1, -0.05) is 152 Å². The van der Waals surface area contributed by atoms with Crippen LogP contribution in [-0.2, 0) is 0 Å². The molecular formula is C47H29N3O. The number of hydrogen-bond acceptors (Lipinski definition) is 4. The van der Waals surface area contributed by atoms with Crippen LogP contribution in [0.1, 0.15) is 0 Å². The molecule has 2 aromatic heterocycles. The summed E-state index contributed by atoms with van der Waals surface area (Å²) >= 11 is 0. The van der Waals surface area contributed by atoms with E-state index in [0.717, 1.165) is 55.3 Å². The molecule has 0 aliphatic heterocycles. The van der Waals surface area contributed by atoms with E-state index in [1.165, 1.54) is 27.1 Å². The van der Waals surface area contributed by atoms with Gasteiger partial charge in [-0.3, -0.25) is 0 Å². The molecule has 0 aliphatic rings. The molecule has 2 heterocycles. The van der Waals surface area contributed by atoms with Crippen molar-refractivity contribution in [3.63, 3.8) is 0 Å². The van der Waals surface area contributed by atoms with E-state index in [1.807, 2.05) is 48.5 Å². The van der Waals surface area contributed by atoms with E-state index >= 15 is 0 Å². The SMILES string of the molecule is c1ccc(-c2cccc(-c3nc(-c4ccccc4)nc(-c4cccc5oc6ccc(-c7cccc8c7ccc7ccccc78)cc6c45)n3)c2)cc1. The van der Waals surface area contributed by atoms with Gasteiger partial charge in [0.2, 0.25) is 0 Å². The average Bonchev–Trinajstić information content (AvgIpc) is 3.59. The number of furan rings is 1. The highest BCUT2D eigenvalue weighted by molar-refractivity contribution is 6.15. The first-order valence-corrected chi connectivity index (χ1v) is 17.1. The molecule has 0 spiro atoms. The Labute approximate surface area is 294 Å². The van der Waals surface area contributed by atoms with Gasteiger partial charge in [-0.05, 0) is 68.1 Å². The van der Waals surface area contributed by atoms with Crippen LogP contribution >= 0.6 is 0 Å². The molecule has 0 amide bonds. The normalized spacial score (nSPS) is 11.5. The maximum Gasteiger partial charge on any atom is 0.164 e. The molecule has 10 rings (SSSR count). The summed E-state index contributed by atoms with van der Waals surface area (Å²) in [6, 6.07) is 61.1. The molecule has 0 saturated heterocycles. The summed E-state index contributed by atoms with van der Waals surface area (Å²) in [7, 11) is 0. The highest BCUT2D eigenvalue weighted by Gasteiger charge is 2.19. The molecule has 4 nitrogen and oxygen atoms in total. The minimum Gasteiger partial charge on any atom is -0.456 e. The van der Waals surface area contributed by atoms with E-state index < -0.39 is 0 Å². The van der Waals surface area contributed by atoms with Gasteiger partial charge in [0.05, 0.1) is 0 Å². The van der Waals surface area contributed by atoms with Gasteiger partial charge in [0.15, 0.2) is 17.5 Å². The Morgan fingerprint density at radius 1 is 0.314 bits per heavy atom. The highest BCUT2D eigenvalue weighted by atomic mass is 16.3. The van der Waals surface area contributed by atoms with Gasteiger partial charge >= 0.3 is 0 Å². The number of aromatic nitrogens is 3. The number of benzene rings is 8. The maximum absolute atomic E-state index is 6.47. The topological polar surface area (TPSA) is 51.8 Å². The second-order valence-corrected chi connectivity index (χ2v) is 12.8. The van der Waals surface area contributed by atoms with Crippen molar-refractivity contribution in [2.75, 3.05) is 0 Å². The molecule has 10 aromatic rings. The van der Waals surface area contributed by atoms with E-state index in [1.54, 1.807) is 0 Å². The zero-order chi connectivity index (χ0) is 33.7. The summed E-state index contributed by atoms with van der Waals surface area (Å²) in [6.07, 6.45) is 0. The van der Waals surface area contributed by atoms with Crippen molar-refractivity contribution in [3.8, 4) is 56.4 Å². The van der Waals surface area contributed by atoms with Gasteiger partial charge in [-0.2, -0.15) is 0 Å². The van der Waals surface area contributed by atoms with Crippen LogP contribution in [-0.4, -0.2) is 15.0 Å². The van der Waals surface area contributed by atoms with Crippen LogP contribution in [0.4, 0.5) is 0 Å². The van der Waals surface area contributed by atoms with Crippen molar-refractivity contribution < 1.29 is 4.42 Å². The Morgan fingerprint density at radius 3 is 1.82 bits per heavy atom. The number of rotatable bonds is 5. The van der Waals surface area contributed by atoms with E-state index in [2.05, 4.69) is 127 Å². The van der Waals surface area contributed by atoms with Gasteiger partial charge < -0.3 is 4.42 Å². The van der Waals surface area contributed by atoms with Gasteiger partial charge in [-0.25, -0.2) is 15.0 Å². The molecule has 0 radical (unpaired) electrons. The minimum atomic E-state index is 0.597. The molecule has 0 atom stereocenters. The first kappa shape index (κ1) is 29.0. The molecule has 4 heteroatoms. The van der Waals surface area contributed by atoms with Crippen molar-refractivity contribution >= 4 is 43.5 Å². The molecule has 0 fully saturated rings. The molecular weight excluding hydrogens is 623 g/mol. The van der Waals surface area contributed by atoms with Gasteiger partial charge in [0.1, 0.15) is 11.2 Å². The highest BCUT2D eigenvalue weighted by Crippen LogP contribution is 2.40. The molecule has 238 valence electrons. The van der Waals surface area contributed by atoms with Gasteiger partial charge in [0.25, 0.3) is 0 Å². The van der Waals surface area contributed by atoms with Crippen LogP contribution in [0.25, 0.3) is 99.9 Å². The summed E-state index contributed by atoms with van der Waals surface area (Å²) in [6.45, 7) is 0. The predicted molar refractivity (Wildman–Crippen MR) is 209 cm³/mol. The number of nitrogens with zero attached hydrogens (tertiary/aromatic N) is 3. The molecule has 0 bridgehead atoms. The summed E-state index contributed by atoms with van der Waals surface area (Å²) in [5.41, 5.74) is 8.91. The lowest BCUT2D eigenvalue weighted by atomic mass is 9.94.